The molecule has 100 valence electrons. The summed E-state index contributed by atoms with van der Waals surface area (Å²) in [5.74, 6) is 0.937. The van der Waals surface area contributed by atoms with Gasteiger partial charge in [0.25, 0.3) is 0 Å². The van der Waals surface area contributed by atoms with Crippen LogP contribution in [-0.4, -0.2) is 19.3 Å². The molecule has 0 radical (unpaired) electrons. The van der Waals surface area contributed by atoms with E-state index in [9.17, 15) is 0 Å². The van der Waals surface area contributed by atoms with Crippen molar-refractivity contribution in [2.75, 3.05) is 0 Å². The minimum atomic E-state index is 0.665. The van der Waals surface area contributed by atoms with Crippen molar-refractivity contribution in [2.24, 2.45) is 0 Å². The third-order valence-corrected chi connectivity index (χ3v) is 3.35. The molecule has 0 fully saturated rings. The molecule has 0 aliphatic rings. The molecule has 0 N–H and O–H groups in total. The molecule has 3 rings (SSSR count). The maximum atomic E-state index is 9.01. The fourth-order valence-corrected chi connectivity index (χ4v) is 2.35. The molecule has 20 heavy (non-hydrogen) atoms. The number of fused-ring (bicyclic) bond motifs is 1. The average molecular weight is 265 g/mol. The average Bonchev–Trinajstić information content (AvgIpc) is 3.07. The summed E-state index contributed by atoms with van der Waals surface area (Å²) in [6.45, 7) is 3.66. The first kappa shape index (κ1) is 12.4. The Morgan fingerprint density at radius 2 is 2.20 bits per heavy atom. The van der Waals surface area contributed by atoms with Crippen LogP contribution < -0.4 is 0 Å². The van der Waals surface area contributed by atoms with Crippen LogP contribution >= 0.6 is 0 Å². The van der Waals surface area contributed by atoms with Crippen molar-refractivity contribution in [3.8, 4) is 6.07 Å². The number of nitriles is 1. The highest BCUT2D eigenvalue weighted by Crippen LogP contribution is 2.18. The van der Waals surface area contributed by atoms with Gasteiger partial charge in [-0.1, -0.05) is 13.0 Å². The zero-order chi connectivity index (χ0) is 13.9. The predicted molar refractivity (Wildman–Crippen MR) is 76.1 cm³/mol. The van der Waals surface area contributed by atoms with Gasteiger partial charge < -0.3 is 4.57 Å². The first-order valence-corrected chi connectivity index (χ1v) is 6.67. The lowest BCUT2D eigenvalue weighted by Crippen LogP contribution is -2.09. The third-order valence-electron chi connectivity index (χ3n) is 3.35. The highest BCUT2D eigenvalue weighted by Gasteiger charge is 2.07. The maximum Gasteiger partial charge on any atom is 0.146 e. The van der Waals surface area contributed by atoms with E-state index in [-0.39, 0.29) is 0 Å². The van der Waals surface area contributed by atoms with E-state index in [1.165, 1.54) is 0 Å². The smallest absolute Gasteiger partial charge is 0.146 e. The van der Waals surface area contributed by atoms with Gasteiger partial charge in [-0.15, -0.1) is 0 Å². The lowest BCUT2D eigenvalue weighted by atomic mass is 10.2. The lowest BCUT2D eigenvalue weighted by Gasteiger charge is -2.07. The zero-order valence-corrected chi connectivity index (χ0v) is 11.3. The predicted octanol–water partition coefficient (Wildman–Crippen LogP) is 2.56. The molecule has 5 nitrogen and oxygen atoms in total. The molecule has 0 saturated carbocycles. The Labute approximate surface area is 117 Å². The summed E-state index contributed by atoms with van der Waals surface area (Å²) < 4.78 is 4.03. The van der Waals surface area contributed by atoms with Gasteiger partial charge >= 0.3 is 0 Å². The molecule has 0 bridgehead atoms. The van der Waals surface area contributed by atoms with E-state index in [4.69, 9.17) is 5.26 Å². The van der Waals surface area contributed by atoms with Crippen LogP contribution in [0.3, 0.4) is 0 Å². The Balaban J connectivity index is 1.98. The minimum Gasteiger partial charge on any atom is -0.340 e. The van der Waals surface area contributed by atoms with Gasteiger partial charge in [-0.25, -0.2) is 9.67 Å². The van der Waals surface area contributed by atoms with Crippen molar-refractivity contribution in [2.45, 2.75) is 26.4 Å². The summed E-state index contributed by atoms with van der Waals surface area (Å²) in [6, 6.07) is 9.96. The molecule has 1 aromatic carbocycles. The fraction of sp³-hybridized carbons (Fsp3) is 0.267. The molecule has 0 unspecified atom stereocenters. The number of rotatable bonds is 4. The summed E-state index contributed by atoms with van der Waals surface area (Å²) in [5.41, 5.74) is 1.72. The molecular weight excluding hydrogens is 250 g/mol. The van der Waals surface area contributed by atoms with Crippen LogP contribution in [-0.2, 0) is 13.1 Å². The summed E-state index contributed by atoms with van der Waals surface area (Å²) in [6.07, 6.45) is 4.65. The molecule has 0 amide bonds. The van der Waals surface area contributed by atoms with Crippen molar-refractivity contribution in [1.29, 1.82) is 5.26 Å². The second-order valence-electron chi connectivity index (χ2n) is 4.73. The molecule has 0 atom stereocenters. The third kappa shape index (κ3) is 2.16. The van der Waals surface area contributed by atoms with E-state index in [1.807, 2.05) is 29.1 Å². The first-order valence-electron chi connectivity index (χ1n) is 6.67. The molecule has 0 saturated heterocycles. The van der Waals surface area contributed by atoms with Gasteiger partial charge in [0.2, 0.25) is 0 Å². The second kappa shape index (κ2) is 5.17. The van der Waals surface area contributed by atoms with Gasteiger partial charge in [0.05, 0.1) is 18.2 Å². The number of hydrogen-bond donors (Lipinski definition) is 0. The van der Waals surface area contributed by atoms with Crippen LogP contribution in [0, 0.1) is 11.3 Å². The van der Waals surface area contributed by atoms with Crippen molar-refractivity contribution in [3.05, 3.63) is 48.2 Å². The van der Waals surface area contributed by atoms with Gasteiger partial charge in [-0.3, -0.25) is 0 Å². The van der Waals surface area contributed by atoms with Gasteiger partial charge in [0, 0.05) is 18.3 Å². The first-order chi connectivity index (χ1) is 9.81. The van der Waals surface area contributed by atoms with Crippen molar-refractivity contribution < 1.29 is 0 Å². The summed E-state index contributed by atoms with van der Waals surface area (Å²) >= 11 is 0. The van der Waals surface area contributed by atoms with E-state index >= 15 is 0 Å². The van der Waals surface area contributed by atoms with Crippen molar-refractivity contribution in [1.82, 2.24) is 19.3 Å². The fourth-order valence-electron chi connectivity index (χ4n) is 2.35. The second-order valence-corrected chi connectivity index (χ2v) is 4.73. The summed E-state index contributed by atoms with van der Waals surface area (Å²) in [4.78, 5) is 4.33. The molecule has 3 aromatic rings. The minimum absolute atomic E-state index is 0.665. The molecule has 2 heterocycles. The highest BCUT2D eigenvalue weighted by molar-refractivity contribution is 5.81. The summed E-state index contributed by atoms with van der Waals surface area (Å²) in [5, 5.41) is 14.4. The molecule has 0 aliphatic heterocycles. The van der Waals surface area contributed by atoms with Crippen LogP contribution in [0.2, 0.25) is 0 Å². The number of benzene rings is 1. The van der Waals surface area contributed by atoms with E-state index in [2.05, 4.69) is 33.7 Å². The SMILES string of the molecule is CCCn1ncnc1Cn1ccc2ccc(C#N)cc21. The van der Waals surface area contributed by atoms with Gasteiger partial charge in [0.15, 0.2) is 0 Å². The quantitative estimate of drug-likeness (QED) is 0.728. The normalized spacial score (nSPS) is 10.8. The topological polar surface area (TPSA) is 59.4 Å². The van der Waals surface area contributed by atoms with Crippen LogP contribution in [0.5, 0.6) is 0 Å². The highest BCUT2D eigenvalue weighted by atomic mass is 15.3. The van der Waals surface area contributed by atoms with Gasteiger partial charge in [-0.05, 0) is 30.0 Å². The largest absolute Gasteiger partial charge is 0.340 e. The summed E-state index contributed by atoms with van der Waals surface area (Å²) in [7, 11) is 0. The molecule has 5 heteroatoms. The number of nitrogens with zero attached hydrogens (tertiary/aromatic N) is 5. The molecule has 2 aromatic heterocycles. The van der Waals surface area contributed by atoms with Gasteiger partial charge in [0.1, 0.15) is 12.2 Å². The standard InChI is InChI=1S/C15H15N5/c1-2-6-20-15(17-11-18-20)10-19-7-5-13-4-3-12(9-16)8-14(13)19/h3-5,7-8,11H,2,6,10H2,1H3. The Hall–Kier alpha value is -2.61. The van der Waals surface area contributed by atoms with Crippen LogP contribution in [0.15, 0.2) is 36.8 Å². The Bertz CT molecular complexity index is 775. The zero-order valence-electron chi connectivity index (χ0n) is 11.3. The molecular formula is C15H15N5. The van der Waals surface area contributed by atoms with Crippen LogP contribution in [0.4, 0.5) is 0 Å². The van der Waals surface area contributed by atoms with E-state index in [1.54, 1.807) is 6.33 Å². The van der Waals surface area contributed by atoms with Crippen LogP contribution in [0.25, 0.3) is 10.9 Å². The molecule has 0 spiro atoms. The van der Waals surface area contributed by atoms with E-state index in [0.717, 1.165) is 29.7 Å². The van der Waals surface area contributed by atoms with Crippen LogP contribution in [0.1, 0.15) is 24.7 Å². The van der Waals surface area contributed by atoms with E-state index in [0.29, 0.717) is 12.1 Å². The number of aryl methyl sites for hydroxylation is 1. The Morgan fingerprint density at radius 3 is 3.00 bits per heavy atom. The Kier molecular flexibility index (Phi) is 3.21. The van der Waals surface area contributed by atoms with Gasteiger partial charge in [-0.2, -0.15) is 10.4 Å². The monoisotopic (exact) mass is 265 g/mol. The molecule has 0 aliphatic carbocycles. The number of aromatic nitrogens is 4. The van der Waals surface area contributed by atoms with Crippen molar-refractivity contribution in [3.63, 3.8) is 0 Å². The van der Waals surface area contributed by atoms with Crippen molar-refractivity contribution >= 4 is 10.9 Å². The number of hydrogen-bond acceptors (Lipinski definition) is 3. The van der Waals surface area contributed by atoms with E-state index < -0.39 is 0 Å². The Morgan fingerprint density at radius 1 is 1.30 bits per heavy atom. The lowest BCUT2D eigenvalue weighted by molar-refractivity contribution is 0.557. The maximum absolute atomic E-state index is 9.01.